The molecular weight excluding hydrogens is 187 g/mol. The van der Waals surface area contributed by atoms with E-state index in [4.69, 9.17) is 0 Å². The quantitative estimate of drug-likeness (QED) is 0.740. The Hall–Kier alpha value is -0.480. The van der Waals surface area contributed by atoms with Crippen LogP contribution in [0.2, 0.25) is 0 Å². The molecule has 72 valence electrons. The fourth-order valence-electron chi connectivity index (χ4n) is 1.45. The monoisotopic (exact) mass is 200 g/mol. The number of alkyl halides is 1. The van der Waals surface area contributed by atoms with Gasteiger partial charge in [-0.05, 0) is 6.42 Å². The minimum Gasteiger partial charge on any atom is -0.292 e. The van der Waals surface area contributed by atoms with Gasteiger partial charge < -0.3 is 0 Å². The number of halogens is 1. The summed E-state index contributed by atoms with van der Waals surface area (Å²) in [5, 5.41) is 3.25. The summed E-state index contributed by atoms with van der Waals surface area (Å²) < 4.78 is 12.5. The second-order valence-electron chi connectivity index (χ2n) is 3.38. The number of rotatable bonds is 3. The molecule has 1 fully saturated rings. The summed E-state index contributed by atoms with van der Waals surface area (Å²) in [6.45, 7) is 4.08. The van der Waals surface area contributed by atoms with Gasteiger partial charge in [0, 0.05) is 25.0 Å². The van der Waals surface area contributed by atoms with Gasteiger partial charge in [-0.3, -0.25) is 4.90 Å². The molecule has 0 radical (unpaired) electrons. The molecule has 1 saturated heterocycles. The Morgan fingerprint density at radius 3 is 3.00 bits per heavy atom. The number of likely N-dealkylation sites (tertiary alicyclic amines) is 1. The highest BCUT2D eigenvalue weighted by Gasteiger charge is 2.26. The molecular formula is C9H13FN2S. The Kier molecular flexibility index (Phi) is 2.60. The van der Waals surface area contributed by atoms with E-state index in [1.807, 2.05) is 0 Å². The molecule has 2 nitrogen and oxygen atoms in total. The molecule has 2 heterocycles. The van der Waals surface area contributed by atoms with Gasteiger partial charge in [-0.25, -0.2) is 9.37 Å². The summed E-state index contributed by atoms with van der Waals surface area (Å²) in [7, 11) is 0. The molecule has 1 aromatic rings. The van der Waals surface area contributed by atoms with Crippen molar-refractivity contribution in [2.45, 2.75) is 26.1 Å². The van der Waals surface area contributed by atoms with Gasteiger partial charge in [-0.15, -0.1) is 11.3 Å². The zero-order chi connectivity index (χ0) is 9.26. The second kappa shape index (κ2) is 3.72. The standard InChI is InChI=1S/C9H13FN2S/c1-2-9-11-8(6-13-9)5-12-3-7(10)4-12/h6-7H,2-5H2,1H3. The first-order valence-corrected chi connectivity index (χ1v) is 5.45. The molecule has 0 spiro atoms. The van der Waals surface area contributed by atoms with Gasteiger partial charge in [0.15, 0.2) is 0 Å². The molecule has 13 heavy (non-hydrogen) atoms. The van der Waals surface area contributed by atoms with E-state index in [0.717, 1.165) is 18.7 Å². The Balaban J connectivity index is 1.87. The number of aryl methyl sites for hydroxylation is 1. The number of hydrogen-bond donors (Lipinski definition) is 0. The molecule has 0 aromatic carbocycles. The van der Waals surface area contributed by atoms with Gasteiger partial charge in [0.25, 0.3) is 0 Å². The van der Waals surface area contributed by atoms with E-state index >= 15 is 0 Å². The maximum absolute atomic E-state index is 12.5. The third-order valence-electron chi connectivity index (χ3n) is 2.20. The van der Waals surface area contributed by atoms with Crippen LogP contribution >= 0.6 is 11.3 Å². The van der Waals surface area contributed by atoms with Gasteiger partial charge in [0.2, 0.25) is 0 Å². The van der Waals surface area contributed by atoms with E-state index < -0.39 is 6.17 Å². The summed E-state index contributed by atoms with van der Waals surface area (Å²) in [5.41, 5.74) is 1.09. The summed E-state index contributed by atoms with van der Waals surface area (Å²) in [5.74, 6) is 0. The lowest BCUT2D eigenvalue weighted by atomic mass is 10.2. The minimum atomic E-state index is -0.607. The lowest BCUT2D eigenvalue weighted by Gasteiger charge is -2.33. The predicted octanol–water partition coefficient (Wildman–Crippen LogP) is 1.86. The summed E-state index contributed by atoms with van der Waals surface area (Å²) in [4.78, 5) is 6.51. The highest BCUT2D eigenvalue weighted by molar-refractivity contribution is 7.09. The van der Waals surface area contributed by atoms with Gasteiger partial charge >= 0.3 is 0 Å². The topological polar surface area (TPSA) is 16.1 Å². The van der Waals surface area contributed by atoms with Crippen LogP contribution in [-0.4, -0.2) is 29.1 Å². The molecule has 0 aliphatic carbocycles. The van der Waals surface area contributed by atoms with Crippen LogP contribution in [0.15, 0.2) is 5.38 Å². The van der Waals surface area contributed by atoms with Crippen molar-refractivity contribution in [3.05, 3.63) is 16.1 Å². The summed E-state index contributed by atoms with van der Waals surface area (Å²) >= 11 is 1.70. The number of hydrogen-bond acceptors (Lipinski definition) is 3. The van der Waals surface area contributed by atoms with Crippen molar-refractivity contribution in [2.24, 2.45) is 0 Å². The Morgan fingerprint density at radius 1 is 1.69 bits per heavy atom. The maximum atomic E-state index is 12.5. The van der Waals surface area contributed by atoms with Gasteiger partial charge in [0.05, 0.1) is 10.7 Å². The molecule has 0 unspecified atom stereocenters. The van der Waals surface area contributed by atoms with Gasteiger partial charge in [-0.2, -0.15) is 0 Å². The largest absolute Gasteiger partial charge is 0.292 e. The first kappa shape index (κ1) is 9.09. The highest BCUT2D eigenvalue weighted by Crippen LogP contribution is 2.17. The van der Waals surface area contributed by atoms with E-state index in [1.165, 1.54) is 5.01 Å². The van der Waals surface area contributed by atoms with Crippen molar-refractivity contribution in [1.82, 2.24) is 9.88 Å². The van der Waals surface area contributed by atoms with E-state index in [9.17, 15) is 4.39 Å². The van der Waals surface area contributed by atoms with Crippen LogP contribution in [0.5, 0.6) is 0 Å². The molecule has 0 saturated carbocycles. The van der Waals surface area contributed by atoms with E-state index in [1.54, 1.807) is 11.3 Å². The smallest absolute Gasteiger partial charge is 0.125 e. The molecule has 1 aromatic heterocycles. The van der Waals surface area contributed by atoms with Crippen molar-refractivity contribution in [3.8, 4) is 0 Å². The maximum Gasteiger partial charge on any atom is 0.125 e. The van der Waals surface area contributed by atoms with Crippen molar-refractivity contribution in [1.29, 1.82) is 0 Å². The predicted molar refractivity (Wildman–Crippen MR) is 51.7 cm³/mol. The lowest BCUT2D eigenvalue weighted by Crippen LogP contribution is -2.47. The minimum absolute atomic E-state index is 0.582. The van der Waals surface area contributed by atoms with Gasteiger partial charge in [-0.1, -0.05) is 6.92 Å². The molecule has 2 rings (SSSR count). The van der Waals surface area contributed by atoms with Crippen LogP contribution in [0.25, 0.3) is 0 Å². The van der Waals surface area contributed by atoms with E-state index in [0.29, 0.717) is 13.1 Å². The number of thiazole rings is 1. The Morgan fingerprint density at radius 2 is 2.46 bits per heavy atom. The lowest BCUT2D eigenvalue weighted by molar-refractivity contribution is 0.0582. The zero-order valence-electron chi connectivity index (χ0n) is 7.66. The average Bonchev–Trinajstić information content (AvgIpc) is 2.50. The van der Waals surface area contributed by atoms with Crippen molar-refractivity contribution < 1.29 is 4.39 Å². The molecule has 0 amide bonds. The first-order chi connectivity index (χ1) is 6.28. The highest BCUT2D eigenvalue weighted by atomic mass is 32.1. The van der Waals surface area contributed by atoms with Gasteiger partial charge in [0.1, 0.15) is 6.17 Å². The average molecular weight is 200 g/mol. The van der Waals surface area contributed by atoms with E-state index in [2.05, 4.69) is 22.2 Å². The van der Waals surface area contributed by atoms with Crippen LogP contribution in [0.3, 0.4) is 0 Å². The molecule has 4 heteroatoms. The van der Waals surface area contributed by atoms with Crippen molar-refractivity contribution >= 4 is 11.3 Å². The SMILES string of the molecule is CCc1nc(CN2CC(F)C2)cs1. The third kappa shape index (κ3) is 2.06. The first-order valence-electron chi connectivity index (χ1n) is 4.57. The van der Waals surface area contributed by atoms with Crippen LogP contribution < -0.4 is 0 Å². The fourth-order valence-corrected chi connectivity index (χ4v) is 2.18. The second-order valence-corrected chi connectivity index (χ2v) is 4.32. The summed E-state index contributed by atoms with van der Waals surface area (Å²) in [6.07, 6.45) is 0.389. The molecule has 0 bridgehead atoms. The normalized spacial score (nSPS) is 18.9. The Labute approximate surface area is 81.4 Å². The molecule has 1 aliphatic heterocycles. The molecule has 0 atom stereocenters. The van der Waals surface area contributed by atoms with Crippen LogP contribution in [0, 0.1) is 0 Å². The van der Waals surface area contributed by atoms with Crippen LogP contribution in [0.4, 0.5) is 4.39 Å². The number of nitrogens with zero attached hydrogens (tertiary/aromatic N) is 2. The van der Waals surface area contributed by atoms with E-state index in [-0.39, 0.29) is 0 Å². The zero-order valence-corrected chi connectivity index (χ0v) is 8.48. The van der Waals surface area contributed by atoms with Crippen molar-refractivity contribution in [2.75, 3.05) is 13.1 Å². The fraction of sp³-hybridized carbons (Fsp3) is 0.667. The van der Waals surface area contributed by atoms with Crippen LogP contribution in [-0.2, 0) is 13.0 Å². The number of aromatic nitrogens is 1. The summed E-state index contributed by atoms with van der Waals surface area (Å²) in [6, 6.07) is 0. The Bertz CT molecular complexity index is 281. The molecule has 0 N–H and O–H groups in total. The van der Waals surface area contributed by atoms with Crippen LogP contribution in [0.1, 0.15) is 17.6 Å². The third-order valence-corrected chi connectivity index (χ3v) is 3.24. The van der Waals surface area contributed by atoms with Crippen molar-refractivity contribution in [3.63, 3.8) is 0 Å². The molecule has 1 aliphatic rings.